The number of rotatable bonds is 5. The van der Waals surface area contributed by atoms with E-state index in [2.05, 4.69) is 5.32 Å². The van der Waals surface area contributed by atoms with Gasteiger partial charge in [-0.15, -0.1) is 0 Å². The molecule has 2 nitrogen and oxygen atoms in total. The summed E-state index contributed by atoms with van der Waals surface area (Å²) in [6.07, 6.45) is 5.57. The molecule has 0 radical (unpaired) electrons. The Morgan fingerprint density at radius 2 is 1.95 bits per heavy atom. The molecule has 1 aliphatic carbocycles. The minimum Gasteiger partial charge on any atom is -0.373 e. The predicted molar refractivity (Wildman–Crippen MR) is 75.6 cm³/mol. The lowest BCUT2D eigenvalue weighted by Gasteiger charge is -2.43. The summed E-state index contributed by atoms with van der Waals surface area (Å²) < 4.78 is 20.2. The summed E-state index contributed by atoms with van der Waals surface area (Å²) in [4.78, 5) is 0. The number of nitrogens with one attached hydrogen (secondary N) is 1. The Morgan fingerprint density at radius 3 is 2.53 bits per heavy atom. The van der Waals surface area contributed by atoms with Gasteiger partial charge >= 0.3 is 0 Å². The molecule has 1 aliphatic rings. The van der Waals surface area contributed by atoms with E-state index in [4.69, 9.17) is 4.74 Å². The van der Waals surface area contributed by atoms with Crippen LogP contribution >= 0.6 is 0 Å². The van der Waals surface area contributed by atoms with Crippen molar-refractivity contribution in [3.05, 3.63) is 35.6 Å². The highest BCUT2D eigenvalue weighted by atomic mass is 19.1. The van der Waals surface area contributed by atoms with Crippen molar-refractivity contribution in [2.24, 2.45) is 0 Å². The Morgan fingerprint density at radius 1 is 1.26 bits per heavy atom. The van der Waals surface area contributed by atoms with Crippen molar-refractivity contribution in [3.63, 3.8) is 0 Å². The third kappa shape index (κ3) is 2.98. The summed E-state index contributed by atoms with van der Waals surface area (Å²) in [6, 6.07) is 6.95. The van der Waals surface area contributed by atoms with E-state index < -0.39 is 0 Å². The molecule has 1 aromatic carbocycles. The van der Waals surface area contributed by atoms with Gasteiger partial charge in [-0.1, -0.05) is 37.5 Å². The molecule has 0 bridgehead atoms. The van der Waals surface area contributed by atoms with E-state index in [9.17, 15) is 4.39 Å². The van der Waals surface area contributed by atoms with Gasteiger partial charge in [0.15, 0.2) is 0 Å². The summed E-state index contributed by atoms with van der Waals surface area (Å²) in [5.74, 6) is -0.147. The Labute approximate surface area is 115 Å². The van der Waals surface area contributed by atoms with Crippen LogP contribution in [0.3, 0.4) is 0 Å². The van der Waals surface area contributed by atoms with E-state index in [1.807, 2.05) is 26.1 Å². The van der Waals surface area contributed by atoms with Gasteiger partial charge in [0.25, 0.3) is 0 Å². The highest BCUT2D eigenvalue weighted by molar-refractivity contribution is 5.24. The monoisotopic (exact) mass is 265 g/mol. The molecule has 2 rings (SSSR count). The molecule has 106 valence electrons. The molecule has 0 aromatic heterocycles. The van der Waals surface area contributed by atoms with Crippen LogP contribution in [-0.2, 0) is 4.74 Å². The standard InChI is InChI=1S/C16H24FNO/c1-3-19-16(11-7-4-8-12-16)15(18-2)13-9-5-6-10-14(13)17/h5-6,9-10,15,18H,3-4,7-8,11-12H2,1-2H3. The number of likely N-dealkylation sites (N-methyl/N-ethyl adjacent to an activating group) is 1. The Bertz CT molecular complexity index is 396. The van der Waals surface area contributed by atoms with Crippen molar-refractivity contribution in [1.82, 2.24) is 5.32 Å². The largest absolute Gasteiger partial charge is 0.373 e. The van der Waals surface area contributed by atoms with Gasteiger partial charge in [-0.3, -0.25) is 0 Å². The third-order valence-corrected chi connectivity index (χ3v) is 4.16. The first-order chi connectivity index (χ1) is 9.23. The summed E-state index contributed by atoms with van der Waals surface area (Å²) in [5, 5.41) is 3.29. The molecule has 1 unspecified atom stereocenters. The summed E-state index contributed by atoms with van der Waals surface area (Å²) in [5.41, 5.74) is 0.463. The lowest BCUT2D eigenvalue weighted by atomic mass is 9.76. The van der Waals surface area contributed by atoms with Gasteiger partial charge in [0.2, 0.25) is 0 Å². The molecule has 3 heteroatoms. The van der Waals surface area contributed by atoms with Gasteiger partial charge < -0.3 is 10.1 Å². The zero-order valence-electron chi connectivity index (χ0n) is 11.9. The first-order valence-electron chi connectivity index (χ1n) is 7.29. The van der Waals surface area contributed by atoms with Crippen LogP contribution in [0, 0.1) is 5.82 Å². The van der Waals surface area contributed by atoms with Crippen LogP contribution in [0.4, 0.5) is 4.39 Å². The second kappa shape index (κ2) is 6.49. The number of halogens is 1. The fraction of sp³-hybridized carbons (Fsp3) is 0.625. The van der Waals surface area contributed by atoms with Crippen LogP contribution in [0.25, 0.3) is 0 Å². The summed E-state index contributed by atoms with van der Waals surface area (Å²) in [6.45, 7) is 2.69. The fourth-order valence-electron chi connectivity index (χ4n) is 3.37. The van der Waals surface area contributed by atoms with Crippen molar-refractivity contribution in [2.45, 2.75) is 50.7 Å². The molecule has 1 atom stereocenters. The molecule has 0 amide bonds. The van der Waals surface area contributed by atoms with E-state index in [-0.39, 0.29) is 17.5 Å². The molecule has 0 spiro atoms. The van der Waals surface area contributed by atoms with Crippen molar-refractivity contribution in [3.8, 4) is 0 Å². The van der Waals surface area contributed by atoms with E-state index >= 15 is 0 Å². The second-order valence-corrected chi connectivity index (χ2v) is 5.30. The highest BCUT2D eigenvalue weighted by Crippen LogP contribution is 2.41. The Balaban J connectivity index is 2.34. The van der Waals surface area contributed by atoms with Crippen molar-refractivity contribution in [1.29, 1.82) is 0 Å². The average Bonchev–Trinajstić information content (AvgIpc) is 2.43. The maximum Gasteiger partial charge on any atom is 0.128 e. The van der Waals surface area contributed by atoms with Gasteiger partial charge in [-0.25, -0.2) is 4.39 Å². The Kier molecular flexibility index (Phi) is 4.94. The van der Waals surface area contributed by atoms with Crippen molar-refractivity contribution < 1.29 is 9.13 Å². The van der Waals surface area contributed by atoms with E-state index in [0.717, 1.165) is 31.2 Å². The van der Waals surface area contributed by atoms with Crippen LogP contribution < -0.4 is 5.32 Å². The van der Waals surface area contributed by atoms with Gasteiger partial charge in [0.05, 0.1) is 11.6 Å². The van der Waals surface area contributed by atoms with Gasteiger partial charge in [0, 0.05) is 12.2 Å². The Hall–Kier alpha value is -0.930. The number of benzene rings is 1. The molecule has 0 saturated heterocycles. The van der Waals surface area contributed by atoms with Crippen LogP contribution in [0.2, 0.25) is 0 Å². The minimum atomic E-state index is -0.260. The quantitative estimate of drug-likeness (QED) is 0.873. The lowest BCUT2D eigenvalue weighted by Crippen LogP contribution is -2.47. The van der Waals surface area contributed by atoms with Crippen LogP contribution in [0.15, 0.2) is 24.3 Å². The second-order valence-electron chi connectivity index (χ2n) is 5.30. The molecule has 0 aliphatic heterocycles. The molecule has 1 saturated carbocycles. The average molecular weight is 265 g/mol. The predicted octanol–water partition coefficient (Wildman–Crippen LogP) is 3.83. The van der Waals surface area contributed by atoms with Crippen LogP contribution in [-0.4, -0.2) is 19.3 Å². The van der Waals surface area contributed by atoms with Gasteiger partial charge in [0.1, 0.15) is 5.82 Å². The molecule has 1 fully saturated rings. The molecular weight excluding hydrogens is 241 g/mol. The molecular formula is C16H24FNO. The number of ether oxygens (including phenoxy) is 1. The van der Waals surface area contributed by atoms with Crippen molar-refractivity contribution >= 4 is 0 Å². The first-order valence-corrected chi connectivity index (χ1v) is 7.29. The topological polar surface area (TPSA) is 21.3 Å². The molecule has 19 heavy (non-hydrogen) atoms. The summed E-state index contributed by atoms with van der Waals surface area (Å²) in [7, 11) is 1.90. The molecule has 1 aromatic rings. The van der Waals surface area contributed by atoms with E-state index in [1.165, 1.54) is 12.5 Å². The number of hydrogen-bond acceptors (Lipinski definition) is 2. The molecule has 1 N–H and O–H groups in total. The lowest BCUT2D eigenvalue weighted by molar-refractivity contribution is -0.0904. The minimum absolute atomic E-state index is 0.0750. The zero-order chi connectivity index (χ0) is 13.7. The fourth-order valence-corrected chi connectivity index (χ4v) is 3.37. The smallest absolute Gasteiger partial charge is 0.128 e. The maximum absolute atomic E-state index is 14.1. The third-order valence-electron chi connectivity index (χ3n) is 4.16. The zero-order valence-corrected chi connectivity index (χ0v) is 11.9. The normalized spacial score (nSPS) is 20.2. The van der Waals surface area contributed by atoms with E-state index in [1.54, 1.807) is 6.07 Å². The highest BCUT2D eigenvalue weighted by Gasteiger charge is 2.41. The van der Waals surface area contributed by atoms with Crippen LogP contribution in [0.1, 0.15) is 50.6 Å². The summed E-state index contributed by atoms with van der Waals surface area (Å²) >= 11 is 0. The SMILES string of the molecule is CCOC1(C(NC)c2ccccc2F)CCCCC1. The van der Waals surface area contributed by atoms with Crippen LogP contribution in [0.5, 0.6) is 0 Å². The van der Waals surface area contributed by atoms with E-state index in [0.29, 0.717) is 6.61 Å². The molecule has 0 heterocycles. The van der Waals surface area contributed by atoms with Gasteiger partial charge in [-0.05, 0) is 32.9 Å². The van der Waals surface area contributed by atoms with Gasteiger partial charge in [-0.2, -0.15) is 0 Å². The maximum atomic E-state index is 14.1. The van der Waals surface area contributed by atoms with Crippen molar-refractivity contribution in [2.75, 3.05) is 13.7 Å². The first kappa shape index (κ1) is 14.5. The number of hydrogen-bond donors (Lipinski definition) is 1.